The lowest BCUT2D eigenvalue weighted by Gasteiger charge is -2.33. The molecule has 0 radical (unpaired) electrons. The molecule has 2 rings (SSSR count). The van der Waals surface area contributed by atoms with Crippen LogP contribution in [0.25, 0.3) is 0 Å². The summed E-state index contributed by atoms with van der Waals surface area (Å²) in [6, 6.07) is 3.25. The fraction of sp³-hybridized carbons (Fsp3) is 0.533. The predicted molar refractivity (Wildman–Crippen MR) is 76.3 cm³/mol. The number of hydrogen-bond donors (Lipinski definition) is 2. The van der Waals surface area contributed by atoms with Crippen molar-refractivity contribution in [1.82, 2.24) is 10.3 Å². The van der Waals surface area contributed by atoms with Crippen LogP contribution in [0.2, 0.25) is 0 Å². The first-order chi connectivity index (χ1) is 10.1. The van der Waals surface area contributed by atoms with Crippen LogP contribution in [-0.4, -0.2) is 35.6 Å². The Morgan fingerprint density at radius 2 is 2.10 bits per heavy atom. The van der Waals surface area contributed by atoms with E-state index in [0.717, 1.165) is 19.3 Å². The van der Waals surface area contributed by atoms with Crippen molar-refractivity contribution in [3.63, 3.8) is 0 Å². The minimum Gasteiger partial charge on any atom is -0.481 e. The van der Waals surface area contributed by atoms with Crippen molar-refractivity contribution in [2.24, 2.45) is 5.41 Å². The number of methoxy groups -OCH3 is 1. The summed E-state index contributed by atoms with van der Waals surface area (Å²) in [7, 11) is 1.44. The Morgan fingerprint density at radius 1 is 1.38 bits per heavy atom. The first kappa shape index (κ1) is 15.3. The van der Waals surface area contributed by atoms with Crippen LogP contribution >= 0.6 is 0 Å². The Kier molecular flexibility index (Phi) is 4.77. The van der Waals surface area contributed by atoms with Crippen molar-refractivity contribution in [1.29, 1.82) is 0 Å². The molecule has 0 aliphatic heterocycles. The van der Waals surface area contributed by atoms with E-state index >= 15 is 0 Å². The van der Waals surface area contributed by atoms with Gasteiger partial charge in [-0.25, -0.2) is 4.98 Å². The minimum absolute atomic E-state index is 0.138. The molecule has 1 fully saturated rings. The summed E-state index contributed by atoms with van der Waals surface area (Å²) in [6.07, 6.45) is 5.57. The standard InChI is InChI=1S/C15H20N2O4/c1-21-13-11(6-5-9-16-13)12(18)17-10-15(14(19)20)7-3-2-4-8-15/h5-6,9H,2-4,7-8,10H2,1H3,(H,17,18)(H,19,20). The van der Waals surface area contributed by atoms with Crippen molar-refractivity contribution in [3.05, 3.63) is 23.9 Å². The van der Waals surface area contributed by atoms with Crippen LogP contribution in [0, 0.1) is 5.41 Å². The summed E-state index contributed by atoms with van der Waals surface area (Å²) in [5.74, 6) is -0.949. The van der Waals surface area contributed by atoms with E-state index in [9.17, 15) is 14.7 Å². The van der Waals surface area contributed by atoms with Gasteiger partial charge in [0.25, 0.3) is 5.91 Å². The van der Waals surface area contributed by atoms with E-state index in [2.05, 4.69) is 10.3 Å². The van der Waals surface area contributed by atoms with E-state index in [1.807, 2.05) is 0 Å². The molecule has 114 valence electrons. The molecule has 0 saturated heterocycles. The van der Waals surface area contributed by atoms with Crippen LogP contribution in [0.5, 0.6) is 5.88 Å². The van der Waals surface area contributed by atoms with E-state index in [1.165, 1.54) is 13.3 Å². The van der Waals surface area contributed by atoms with Crippen molar-refractivity contribution in [2.45, 2.75) is 32.1 Å². The molecule has 0 unspecified atom stereocenters. The maximum absolute atomic E-state index is 12.2. The molecule has 1 saturated carbocycles. The predicted octanol–water partition coefficient (Wildman–Crippen LogP) is 1.86. The zero-order valence-corrected chi connectivity index (χ0v) is 12.1. The van der Waals surface area contributed by atoms with Gasteiger partial charge in [0.05, 0.1) is 12.5 Å². The molecular weight excluding hydrogens is 272 g/mol. The topological polar surface area (TPSA) is 88.5 Å². The average Bonchev–Trinajstić information content (AvgIpc) is 2.53. The van der Waals surface area contributed by atoms with Crippen molar-refractivity contribution >= 4 is 11.9 Å². The van der Waals surface area contributed by atoms with Gasteiger partial charge in [-0.05, 0) is 25.0 Å². The third-order valence-electron chi connectivity index (χ3n) is 4.06. The van der Waals surface area contributed by atoms with E-state index in [0.29, 0.717) is 18.4 Å². The highest BCUT2D eigenvalue weighted by molar-refractivity contribution is 5.96. The number of ether oxygens (including phenoxy) is 1. The highest BCUT2D eigenvalue weighted by Gasteiger charge is 2.39. The number of rotatable bonds is 5. The van der Waals surface area contributed by atoms with Gasteiger partial charge in [-0.3, -0.25) is 9.59 Å². The van der Waals surface area contributed by atoms with Crippen LogP contribution in [0.4, 0.5) is 0 Å². The van der Waals surface area contributed by atoms with Gasteiger partial charge < -0.3 is 15.2 Å². The highest BCUT2D eigenvalue weighted by atomic mass is 16.5. The number of carbonyl (C=O) groups excluding carboxylic acids is 1. The molecule has 1 aromatic heterocycles. The van der Waals surface area contributed by atoms with Crippen LogP contribution in [0.3, 0.4) is 0 Å². The number of nitrogens with one attached hydrogen (secondary N) is 1. The lowest BCUT2D eigenvalue weighted by Crippen LogP contribution is -2.44. The van der Waals surface area contributed by atoms with Gasteiger partial charge in [0, 0.05) is 12.7 Å². The Hall–Kier alpha value is -2.11. The maximum atomic E-state index is 12.2. The maximum Gasteiger partial charge on any atom is 0.311 e. The largest absolute Gasteiger partial charge is 0.481 e. The van der Waals surface area contributed by atoms with E-state index in [-0.39, 0.29) is 18.3 Å². The second kappa shape index (κ2) is 6.56. The monoisotopic (exact) mass is 292 g/mol. The van der Waals surface area contributed by atoms with Gasteiger partial charge >= 0.3 is 5.97 Å². The number of pyridine rings is 1. The Bertz CT molecular complexity index is 524. The van der Waals surface area contributed by atoms with Crippen molar-refractivity contribution in [3.8, 4) is 5.88 Å². The Morgan fingerprint density at radius 3 is 2.71 bits per heavy atom. The van der Waals surface area contributed by atoms with E-state index in [1.54, 1.807) is 12.1 Å². The van der Waals surface area contributed by atoms with Crippen molar-refractivity contribution < 1.29 is 19.4 Å². The second-order valence-electron chi connectivity index (χ2n) is 5.39. The molecule has 1 aliphatic rings. The Labute approximate surface area is 123 Å². The van der Waals surface area contributed by atoms with Gasteiger partial charge in [-0.15, -0.1) is 0 Å². The van der Waals surface area contributed by atoms with Crippen LogP contribution in [0.15, 0.2) is 18.3 Å². The van der Waals surface area contributed by atoms with Gasteiger partial charge in [0.2, 0.25) is 5.88 Å². The summed E-state index contributed by atoms with van der Waals surface area (Å²) < 4.78 is 5.04. The summed E-state index contributed by atoms with van der Waals surface area (Å²) in [6.45, 7) is 0.138. The summed E-state index contributed by atoms with van der Waals surface area (Å²) in [5, 5.41) is 12.2. The number of hydrogen-bond acceptors (Lipinski definition) is 4. The summed E-state index contributed by atoms with van der Waals surface area (Å²) in [5.41, 5.74) is -0.528. The molecule has 2 N–H and O–H groups in total. The number of carboxylic acid groups (broad SMARTS) is 1. The lowest BCUT2D eigenvalue weighted by molar-refractivity contribution is -0.150. The quantitative estimate of drug-likeness (QED) is 0.864. The molecule has 1 heterocycles. The molecule has 1 amide bonds. The SMILES string of the molecule is COc1ncccc1C(=O)NCC1(C(=O)O)CCCCC1. The highest BCUT2D eigenvalue weighted by Crippen LogP contribution is 2.36. The zero-order valence-electron chi connectivity index (χ0n) is 12.1. The third-order valence-corrected chi connectivity index (χ3v) is 4.06. The fourth-order valence-electron chi connectivity index (χ4n) is 2.77. The van der Waals surface area contributed by atoms with E-state index < -0.39 is 11.4 Å². The second-order valence-corrected chi connectivity index (χ2v) is 5.39. The number of carbonyl (C=O) groups is 2. The number of amides is 1. The normalized spacial score (nSPS) is 17.0. The number of carboxylic acids is 1. The van der Waals surface area contributed by atoms with Crippen LogP contribution in [-0.2, 0) is 4.79 Å². The summed E-state index contributed by atoms with van der Waals surface area (Å²) >= 11 is 0. The first-order valence-corrected chi connectivity index (χ1v) is 7.10. The molecule has 0 atom stereocenters. The average molecular weight is 292 g/mol. The van der Waals surface area contributed by atoms with Gasteiger partial charge in [0.1, 0.15) is 5.56 Å². The number of aromatic nitrogens is 1. The molecule has 1 aliphatic carbocycles. The van der Waals surface area contributed by atoms with Gasteiger partial charge in [-0.1, -0.05) is 19.3 Å². The number of nitrogens with zero attached hydrogens (tertiary/aromatic N) is 1. The van der Waals surface area contributed by atoms with Crippen LogP contribution in [0.1, 0.15) is 42.5 Å². The Balaban J connectivity index is 2.07. The molecule has 6 nitrogen and oxygen atoms in total. The molecule has 1 aromatic rings. The zero-order chi connectivity index (χ0) is 15.3. The molecule has 0 spiro atoms. The summed E-state index contributed by atoms with van der Waals surface area (Å²) in [4.78, 5) is 27.7. The molecular formula is C15H20N2O4. The molecule has 6 heteroatoms. The molecule has 0 bridgehead atoms. The third kappa shape index (κ3) is 3.32. The lowest BCUT2D eigenvalue weighted by atomic mass is 9.74. The molecule has 21 heavy (non-hydrogen) atoms. The fourth-order valence-corrected chi connectivity index (χ4v) is 2.77. The molecule has 0 aromatic carbocycles. The van der Waals surface area contributed by atoms with E-state index in [4.69, 9.17) is 4.74 Å². The van der Waals surface area contributed by atoms with Crippen molar-refractivity contribution in [2.75, 3.05) is 13.7 Å². The first-order valence-electron chi connectivity index (χ1n) is 7.10. The van der Waals surface area contributed by atoms with Crippen LogP contribution < -0.4 is 10.1 Å². The number of aliphatic carboxylic acids is 1. The minimum atomic E-state index is -0.844. The smallest absolute Gasteiger partial charge is 0.311 e. The van der Waals surface area contributed by atoms with Gasteiger partial charge in [-0.2, -0.15) is 0 Å². The van der Waals surface area contributed by atoms with Gasteiger partial charge in [0.15, 0.2) is 0 Å².